The van der Waals surface area contributed by atoms with Crippen molar-refractivity contribution in [1.29, 1.82) is 0 Å². The molecule has 0 saturated carbocycles. The van der Waals surface area contributed by atoms with Gasteiger partial charge in [0.1, 0.15) is 17.4 Å². The van der Waals surface area contributed by atoms with Gasteiger partial charge in [-0.3, -0.25) is 4.79 Å². The highest BCUT2D eigenvalue weighted by atomic mass is 16.6. The number of anilines is 1. The first kappa shape index (κ1) is 12.3. The van der Waals surface area contributed by atoms with Crippen molar-refractivity contribution >= 4 is 17.3 Å². The molecule has 0 aliphatic heterocycles. The number of fused-ring (bicyclic) bond motifs is 1. The zero-order valence-corrected chi connectivity index (χ0v) is 10.7. The minimum atomic E-state index is -0.488. The van der Waals surface area contributed by atoms with Crippen molar-refractivity contribution in [1.82, 2.24) is 14.6 Å². The lowest BCUT2D eigenvalue weighted by Crippen LogP contribution is -2.25. The van der Waals surface area contributed by atoms with Crippen molar-refractivity contribution in [3.8, 4) is 0 Å². The Bertz CT molecular complexity index is 583. The van der Waals surface area contributed by atoms with Crippen LogP contribution < -0.4 is 5.73 Å². The Kier molecular flexibility index (Phi) is 2.94. The molecule has 0 radical (unpaired) electrons. The van der Waals surface area contributed by atoms with Gasteiger partial charge in [-0.15, -0.1) is 0 Å². The Morgan fingerprint density at radius 1 is 1.44 bits per heavy atom. The number of carbonyl (C=O) groups excluding carboxylic acids is 1. The van der Waals surface area contributed by atoms with Gasteiger partial charge in [-0.2, -0.15) is 5.10 Å². The highest BCUT2D eigenvalue weighted by Crippen LogP contribution is 2.15. The summed E-state index contributed by atoms with van der Waals surface area (Å²) in [5, 5.41) is 4.07. The molecule has 0 amide bonds. The van der Waals surface area contributed by atoms with Crippen LogP contribution in [0.4, 0.5) is 5.82 Å². The van der Waals surface area contributed by atoms with E-state index < -0.39 is 5.60 Å². The van der Waals surface area contributed by atoms with Crippen molar-refractivity contribution in [2.75, 3.05) is 5.73 Å². The van der Waals surface area contributed by atoms with E-state index >= 15 is 0 Å². The molecule has 2 N–H and O–H groups in total. The molecule has 2 heterocycles. The molecule has 2 aromatic rings. The quantitative estimate of drug-likeness (QED) is 0.807. The number of hydrogen-bond donors (Lipinski definition) is 1. The third-order valence-corrected chi connectivity index (χ3v) is 2.31. The first-order valence-electron chi connectivity index (χ1n) is 5.66. The number of hydrogen-bond acceptors (Lipinski definition) is 5. The Hall–Kier alpha value is -2.11. The van der Waals surface area contributed by atoms with Crippen molar-refractivity contribution in [3.05, 3.63) is 24.2 Å². The Morgan fingerprint density at radius 3 is 2.83 bits per heavy atom. The molecule has 0 aliphatic rings. The maximum absolute atomic E-state index is 11.7. The van der Waals surface area contributed by atoms with E-state index in [2.05, 4.69) is 10.1 Å². The second-order valence-corrected chi connectivity index (χ2v) is 5.03. The Balaban J connectivity index is 2.23. The predicted molar refractivity (Wildman–Crippen MR) is 66.9 cm³/mol. The summed E-state index contributed by atoms with van der Waals surface area (Å²) >= 11 is 0. The fourth-order valence-corrected chi connectivity index (χ4v) is 1.67. The zero-order valence-electron chi connectivity index (χ0n) is 10.7. The first-order chi connectivity index (χ1) is 8.37. The van der Waals surface area contributed by atoms with Crippen LogP contribution in [0.2, 0.25) is 0 Å². The molecule has 2 aromatic heterocycles. The van der Waals surface area contributed by atoms with E-state index in [1.54, 1.807) is 16.6 Å². The van der Waals surface area contributed by atoms with E-state index in [0.29, 0.717) is 11.3 Å². The third-order valence-electron chi connectivity index (χ3n) is 2.31. The fraction of sp³-hybridized carbons (Fsp3) is 0.417. The summed E-state index contributed by atoms with van der Waals surface area (Å²) in [6, 6.07) is 3.58. The lowest BCUT2D eigenvalue weighted by atomic mass is 10.2. The minimum Gasteiger partial charge on any atom is -0.460 e. The molecule has 96 valence electrons. The van der Waals surface area contributed by atoms with Gasteiger partial charge in [0.25, 0.3) is 0 Å². The smallest absolute Gasteiger partial charge is 0.312 e. The van der Waals surface area contributed by atoms with Gasteiger partial charge in [-0.05, 0) is 32.9 Å². The molecule has 0 atom stereocenters. The first-order valence-corrected chi connectivity index (χ1v) is 5.66. The number of ether oxygens (including phenoxy) is 1. The van der Waals surface area contributed by atoms with E-state index in [-0.39, 0.29) is 12.4 Å². The summed E-state index contributed by atoms with van der Waals surface area (Å²) in [4.78, 5) is 15.6. The van der Waals surface area contributed by atoms with Gasteiger partial charge in [0.2, 0.25) is 0 Å². The Morgan fingerprint density at radius 2 is 2.17 bits per heavy atom. The average molecular weight is 248 g/mol. The summed E-state index contributed by atoms with van der Waals surface area (Å²) < 4.78 is 6.87. The highest BCUT2D eigenvalue weighted by molar-refractivity contribution is 5.74. The van der Waals surface area contributed by atoms with Crippen molar-refractivity contribution in [2.45, 2.75) is 32.8 Å². The summed E-state index contributed by atoms with van der Waals surface area (Å²) in [5.41, 5.74) is 6.65. The molecular formula is C12H16N4O2. The number of rotatable bonds is 2. The minimum absolute atomic E-state index is 0.155. The van der Waals surface area contributed by atoms with Gasteiger partial charge in [-0.25, -0.2) is 9.50 Å². The maximum atomic E-state index is 11.7. The van der Waals surface area contributed by atoms with Gasteiger partial charge in [0.15, 0.2) is 5.82 Å². The Labute approximate surface area is 105 Å². The van der Waals surface area contributed by atoms with E-state index in [1.807, 2.05) is 20.8 Å². The van der Waals surface area contributed by atoms with Gasteiger partial charge in [0, 0.05) is 0 Å². The maximum Gasteiger partial charge on any atom is 0.312 e. The lowest BCUT2D eigenvalue weighted by Gasteiger charge is -2.19. The summed E-state index contributed by atoms with van der Waals surface area (Å²) in [6.45, 7) is 5.50. The molecule has 0 fully saturated rings. The van der Waals surface area contributed by atoms with E-state index in [1.165, 1.54) is 6.33 Å². The molecular weight excluding hydrogens is 232 g/mol. The molecule has 0 spiro atoms. The molecule has 6 nitrogen and oxygen atoms in total. The average Bonchev–Trinajstić information content (AvgIpc) is 2.60. The van der Waals surface area contributed by atoms with Crippen molar-refractivity contribution in [2.24, 2.45) is 0 Å². The third kappa shape index (κ3) is 2.58. The number of aromatic nitrogens is 3. The normalized spacial score (nSPS) is 11.7. The van der Waals surface area contributed by atoms with Crippen molar-refractivity contribution in [3.63, 3.8) is 0 Å². The van der Waals surface area contributed by atoms with E-state index in [0.717, 1.165) is 5.69 Å². The van der Waals surface area contributed by atoms with E-state index in [4.69, 9.17) is 10.5 Å². The number of nitrogens with two attached hydrogens (primary N) is 1. The van der Waals surface area contributed by atoms with Gasteiger partial charge < -0.3 is 10.5 Å². The van der Waals surface area contributed by atoms with Crippen LogP contribution in [0.5, 0.6) is 0 Å². The van der Waals surface area contributed by atoms with Crippen LogP contribution in [0.1, 0.15) is 26.5 Å². The van der Waals surface area contributed by atoms with Gasteiger partial charge in [0.05, 0.1) is 12.1 Å². The molecule has 0 saturated heterocycles. The van der Waals surface area contributed by atoms with E-state index in [9.17, 15) is 4.79 Å². The topological polar surface area (TPSA) is 82.5 Å². The number of nitrogen functional groups attached to an aromatic ring is 1. The SMILES string of the molecule is CC(C)(C)OC(=O)Cc1ccc2c(N)ncnn12. The number of carbonyl (C=O) groups is 1. The monoisotopic (exact) mass is 248 g/mol. The van der Waals surface area contributed by atoms with Crippen LogP contribution in [-0.2, 0) is 16.0 Å². The highest BCUT2D eigenvalue weighted by Gasteiger charge is 2.18. The molecule has 0 aliphatic carbocycles. The molecule has 0 unspecified atom stereocenters. The fourth-order valence-electron chi connectivity index (χ4n) is 1.67. The van der Waals surface area contributed by atoms with Crippen LogP contribution in [0.15, 0.2) is 18.5 Å². The predicted octanol–water partition coefficient (Wildman–Crippen LogP) is 1.20. The summed E-state index contributed by atoms with van der Waals surface area (Å²) in [7, 11) is 0. The molecule has 0 bridgehead atoms. The van der Waals surface area contributed by atoms with Gasteiger partial charge in [-0.1, -0.05) is 0 Å². The number of esters is 1. The van der Waals surface area contributed by atoms with Crippen LogP contribution in [0, 0.1) is 0 Å². The van der Waals surface area contributed by atoms with Crippen LogP contribution in [-0.4, -0.2) is 26.2 Å². The summed E-state index contributed by atoms with van der Waals surface area (Å²) in [5.74, 6) is 0.0973. The molecule has 0 aromatic carbocycles. The second kappa shape index (κ2) is 4.29. The number of nitrogens with zero attached hydrogens (tertiary/aromatic N) is 3. The van der Waals surface area contributed by atoms with Crippen LogP contribution >= 0.6 is 0 Å². The largest absolute Gasteiger partial charge is 0.460 e. The lowest BCUT2D eigenvalue weighted by molar-refractivity contribution is -0.154. The van der Waals surface area contributed by atoms with Crippen molar-refractivity contribution < 1.29 is 9.53 Å². The van der Waals surface area contributed by atoms with Crippen LogP contribution in [0.25, 0.3) is 5.52 Å². The summed E-state index contributed by atoms with van der Waals surface area (Å²) in [6.07, 6.45) is 1.52. The molecule has 6 heteroatoms. The second-order valence-electron chi connectivity index (χ2n) is 5.03. The zero-order chi connectivity index (χ0) is 13.3. The molecule has 18 heavy (non-hydrogen) atoms. The van der Waals surface area contributed by atoms with Gasteiger partial charge >= 0.3 is 5.97 Å². The van der Waals surface area contributed by atoms with Crippen LogP contribution in [0.3, 0.4) is 0 Å². The molecule has 2 rings (SSSR count). The standard InChI is InChI=1S/C12H16N4O2/c1-12(2,3)18-10(17)6-8-4-5-9-11(13)14-7-15-16(8)9/h4-5,7H,6H2,1-3H3,(H2,13,14,15).